The lowest BCUT2D eigenvalue weighted by Crippen LogP contribution is -2.58. The summed E-state index contributed by atoms with van der Waals surface area (Å²) >= 11 is 0. The largest absolute Gasteiger partial charge is 0.449 e. The van der Waals surface area contributed by atoms with Gasteiger partial charge in [-0.3, -0.25) is 4.79 Å². The van der Waals surface area contributed by atoms with E-state index in [4.69, 9.17) is 4.74 Å². The van der Waals surface area contributed by atoms with Crippen molar-refractivity contribution >= 4 is 5.97 Å². The third-order valence-corrected chi connectivity index (χ3v) is 8.34. The zero-order chi connectivity index (χ0) is 18.8. The van der Waals surface area contributed by atoms with Crippen LogP contribution in [0.3, 0.4) is 0 Å². The maximum Gasteiger partial charge on any atom is 0.428 e. The quantitative estimate of drug-likeness (QED) is 0.565. The van der Waals surface area contributed by atoms with Crippen molar-refractivity contribution in [3.05, 3.63) is 0 Å². The van der Waals surface area contributed by atoms with Crippen molar-refractivity contribution in [2.75, 3.05) is 0 Å². The van der Waals surface area contributed by atoms with Gasteiger partial charge in [-0.1, -0.05) is 6.42 Å². The van der Waals surface area contributed by atoms with E-state index in [1.807, 2.05) is 13.8 Å². The first kappa shape index (κ1) is 18.6. The van der Waals surface area contributed by atoms with Crippen LogP contribution >= 0.6 is 0 Å². The highest BCUT2D eigenvalue weighted by Crippen LogP contribution is 2.66. The Bertz CT molecular complexity index is 537. The molecule has 0 spiro atoms. The number of esters is 1. The summed E-state index contributed by atoms with van der Waals surface area (Å²) in [5, 5.41) is 0. The molecule has 5 saturated carbocycles. The van der Waals surface area contributed by atoms with Gasteiger partial charge in [0.2, 0.25) is 5.60 Å². The Balaban J connectivity index is 1.58. The van der Waals surface area contributed by atoms with Gasteiger partial charge in [-0.15, -0.1) is 0 Å². The maximum atomic E-state index is 13.8. The van der Waals surface area contributed by atoms with Gasteiger partial charge in [0.1, 0.15) is 0 Å². The second-order valence-electron chi connectivity index (χ2n) is 10.3. The highest BCUT2D eigenvalue weighted by atomic mass is 19.4. The summed E-state index contributed by atoms with van der Waals surface area (Å²) in [6.07, 6.45) is 3.78. The molecule has 0 N–H and O–H groups in total. The van der Waals surface area contributed by atoms with E-state index in [2.05, 4.69) is 0 Å². The second-order valence-corrected chi connectivity index (χ2v) is 10.3. The van der Waals surface area contributed by atoms with E-state index in [-0.39, 0.29) is 18.3 Å². The van der Waals surface area contributed by atoms with E-state index in [1.54, 1.807) is 0 Å². The standard InChI is InChI=1S/C21H31F3O2/c1-18(2,19-11-14-8-15(12-19)10-16(9-14)13-19)17(25)26-20(21(22,23)24)6-4-3-5-7-20/h14-16H,3-13H2,1-2H3. The van der Waals surface area contributed by atoms with Crippen molar-refractivity contribution in [3.63, 3.8) is 0 Å². The Kier molecular flexibility index (Phi) is 4.21. The number of hydrogen-bond donors (Lipinski definition) is 0. The average Bonchev–Trinajstić information content (AvgIpc) is 2.53. The summed E-state index contributed by atoms with van der Waals surface area (Å²) in [6.45, 7) is 3.71. The number of halogens is 3. The molecule has 0 aromatic rings. The summed E-state index contributed by atoms with van der Waals surface area (Å²) in [4.78, 5) is 13.2. The van der Waals surface area contributed by atoms with Crippen molar-refractivity contribution in [1.29, 1.82) is 0 Å². The van der Waals surface area contributed by atoms with E-state index in [1.165, 1.54) is 19.3 Å². The number of hydrogen-bond acceptors (Lipinski definition) is 2. The van der Waals surface area contributed by atoms with E-state index in [0.717, 1.165) is 25.7 Å². The third kappa shape index (κ3) is 2.71. The van der Waals surface area contributed by atoms with Crippen LogP contribution in [0, 0.1) is 28.6 Å². The summed E-state index contributed by atoms with van der Waals surface area (Å²) in [5.74, 6) is 1.34. The van der Waals surface area contributed by atoms with Gasteiger partial charge >= 0.3 is 12.1 Å². The van der Waals surface area contributed by atoms with Crippen LogP contribution in [0.4, 0.5) is 13.2 Å². The van der Waals surface area contributed by atoms with E-state index >= 15 is 0 Å². The minimum atomic E-state index is -4.49. The molecule has 5 aliphatic carbocycles. The number of carbonyl (C=O) groups is 1. The number of alkyl halides is 3. The first-order valence-corrected chi connectivity index (χ1v) is 10.4. The molecule has 0 saturated heterocycles. The lowest BCUT2D eigenvalue weighted by molar-refractivity contribution is -0.286. The van der Waals surface area contributed by atoms with E-state index in [0.29, 0.717) is 30.6 Å². The van der Waals surface area contributed by atoms with E-state index in [9.17, 15) is 18.0 Å². The fourth-order valence-corrected chi connectivity index (χ4v) is 6.96. The molecule has 0 heterocycles. The molecule has 2 nitrogen and oxygen atoms in total. The van der Waals surface area contributed by atoms with Crippen LogP contribution in [-0.4, -0.2) is 17.7 Å². The Hall–Kier alpha value is -0.740. The molecule has 4 bridgehead atoms. The molecule has 0 aromatic carbocycles. The minimum Gasteiger partial charge on any atom is -0.449 e. The molecular weight excluding hydrogens is 341 g/mol. The van der Waals surface area contributed by atoms with Gasteiger partial charge < -0.3 is 4.74 Å². The van der Waals surface area contributed by atoms with Crippen molar-refractivity contribution in [2.45, 2.75) is 96.3 Å². The summed E-state index contributed by atoms with van der Waals surface area (Å²) in [7, 11) is 0. The van der Waals surface area contributed by atoms with Gasteiger partial charge in [0.15, 0.2) is 0 Å². The van der Waals surface area contributed by atoms with Crippen molar-refractivity contribution in [2.24, 2.45) is 28.6 Å². The van der Waals surface area contributed by atoms with Crippen LogP contribution < -0.4 is 0 Å². The zero-order valence-electron chi connectivity index (χ0n) is 16.0. The van der Waals surface area contributed by atoms with Crippen molar-refractivity contribution in [3.8, 4) is 0 Å². The molecule has 148 valence electrons. The molecule has 0 radical (unpaired) electrons. The number of rotatable bonds is 3. The third-order valence-electron chi connectivity index (χ3n) is 8.34. The average molecular weight is 372 g/mol. The fraction of sp³-hybridized carbons (Fsp3) is 0.952. The molecule has 5 fully saturated rings. The van der Waals surface area contributed by atoms with Gasteiger partial charge in [0, 0.05) is 0 Å². The Morgan fingerprint density at radius 2 is 1.35 bits per heavy atom. The predicted molar refractivity (Wildman–Crippen MR) is 92.3 cm³/mol. The lowest BCUT2D eigenvalue weighted by atomic mass is 9.43. The highest BCUT2D eigenvalue weighted by Gasteiger charge is 2.63. The van der Waals surface area contributed by atoms with Gasteiger partial charge in [0.25, 0.3) is 0 Å². The first-order chi connectivity index (χ1) is 12.1. The summed E-state index contributed by atoms with van der Waals surface area (Å²) in [5.41, 5.74) is -3.28. The molecular formula is C21H31F3O2. The van der Waals surface area contributed by atoms with Gasteiger partial charge in [-0.05, 0) is 101 Å². The molecule has 0 aliphatic heterocycles. The Morgan fingerprint density at radius 1 is 0.885 bits per heavy atom. The monoisotopic (exact) mass is 372 g/mol. The Morgan fingerprint density at radius 3 is 1.77 bits per heavy atom. The molecule has 0 unspecified atom stereocenters. The Labute approximate surface area is 154 Å². The molecule has 0 aromatic heterocycles. The molecule has 5 aliphatic rings. The van der Waals surface area contributed by atoms with Gasteiger partial charge in [-0.25, -0.2) is 0 Å². The number of ether oxygens (including phenoxy) is 1. The topological polar surface area (TPSA) is 26.3 Å². The minimum absolute atomic E-state index is 0.0841. The molecule has 5 heteroatoms. The van der Waals surface area contributed by atoms with Crippen molar-refractivity contribution < 1.29 is 22.7 Å². The zero-order valence-corrected chi connectivity index (χ0v) is 16.0. The molecule has 0 amide bonds. The van der Waals surface area contributed by atoms with E-state index < -0.39 is 23.2 Å². The SMILES string of the molecule is CC(C)(C(=O)OC1(C(F)(F)F)CCCCC1)C12CC3CC(CC(C3)C1)C2. The van der Waals surface area contributed by atoms with Crippen LogP contribution in [0.2, 0.25) is 0 Å². The molecule has 5 rings (SSSR count). The van der Waals surface area contributed by atoms with Crippen LogP contribution in [0.15, 0.2) is 0 Å². The van der Waals surface area contributed by atoms with Crippen molar-refractivity contribution in [1.82, 2.24) is 0 Å². The summed E-state index contributed by atoms with van der Waals surface area (Å²) < 4.78 is 46.9. The molecule has 26 heavy (non-hydrogen) atoms. The highest BCUT2D eigenvalue weighted by molar-refractivity contribution is 5.78. The van der Waals surface area contributed by atoms with Crippen LogP contribution in [0.25, 0.3) is 0 Å². The second kappa shape index (κ2) is 5.88. The maximum absolute atomic E-state index is 13.8. The van der Waals surface area contributed by atoms with Crippen LogP contribution in [-0.2, 0) is 9.53 Å². The molecule has 0 atom stereocenters. The van der Waals surface area contributed by atoms with Gasteiger partial charge in [0.05, 0.1) is 5.41 Å². The fourth-order valence-electron chi connectivity index (χ4n) is 6.96. The van der Waals surface area contributed by atoms with Crippen LogP contribution in [0.1, 0.15) is 84.5 Å². The summed E-state index contributed by atoms with van der Waals surface area (Å²) in [6, 6.07) is 0. The van der Waals surface area contributed by atoms with Gasteiger partial charge in [-0.2, -0.15) is 13.2 Å². The van der Waals surface area contributed by atoms with Crippen LogP contribution in [0.5, 0.6) is 0 Å². The lowest BCUT2D eigenvalue weighted by Gasteiger charge is -2.61. The first-order valence-electron chi connectivity index (χ1n) is 10.4. The smallest absolute Gasteiger partial charge is 0.428 e. The normalized spacial score (nSPS) is 39.0. The predicted octanol–water partition coefficient (Wildman–Crippen LogP) is 6.04. The number of carbonyl (C=O) groups excluding carboxylic acids is 1.